The molecule has 34 heavy (non-hydrogen) atoms. The third-order valence-corrected chi connectivity index (χ3v) is 6.11. The van der Waals surface area contributed by atoms with E-state index in [0.717, 1.165) is 6.42 Å². The highest BCUT2D eigenvalue weighted by molar-refractivity contribution is 6.05. The molecule has 0 atom stereocenters. The van der Waals surface area contributed by atoms with Crippen molar-refractivity contribution < 1.29 is 14.4 Å². The molecule has 0 aliphatic carbocycles. The molecule has 0 radical (unpaired) electrons. The quantitative estimate of drug-likeness (QED) is 0.562. The van der Waals surface area contributed by atoms with Gasteiger partial charge in [0.25, 0.3) is 11.8 Å². The molecule has 1 aliphatic rings. The van der Waals surface area contributed by atoms with Crippen molar-refractivity contribution in [2.75, 3.05) is 25.0 Å². The van der Waals surface area contributed by atoms with Crippen molar-refractivity contribution in [1.82, 2.24) is 10.2 Å². The standard InChI is InChI=1S/C28H29N3O3/c32-26(29-17-14-21-8-3-1-4-9-21)23-15-18-31(19-16-23)28(34)24-12-7-13-25(20-24)30-27(33)22-10-5-2-6-11-22/h1-13,20,23H,14-19H2,(H,29,32)(H,30,33). The van der Waals surface area contributed by atoms with E-state index in [1.165, 1.54) is 5.56 Å². The Morgan fingerprint density at radius 3 is 2.15 bits per heavy atom. The predicted molar refractivity (Wildman–Crippen MR) is 133 cm³/mol. The summed E-state index contributed by atoms with van der Waals surface area (Å²) in [6.45, 7) is 1.69. The number of carbonyl (C=O) groups is 3. The topological polar surface area (TPSA) is 78.5 Å². The molecule has 1 fully saturated rings. The lowest BCUT2D eigenvalue weighted by Crippen LogP contribution is -2.43. The second-order valence-electron chi connectivity index (χ2n) is 8.49. The van der Waals surface area contributed by atoms with Crippen molar-refractivity contribution >= 4 is 23.4 Å². The van der Waals surface area contributed by atoms with Crippen molar-refractivity contribution in [2.24, 2.45) is 5.92 Å². The number of likely N-dealkylation sites (tertiary alicyclic amines) is 1. The van der Waals surface area contributed by atoms with Gasteiger partial charge in [-0.05, 0) is 55.2 Å². The zero-order chi connectivity index (χ0) is 23.8. The third-order valence-electron chi connectivity index (χ3n) is 6.11. The number of hydrogen-bond donors (Lipinski definition) is 2. The van der Waals surface area contributed by atoms with E-state index in [2.05, 4.69) is 22.8 Å². The molecular formula is C28H29N3O3. The molecule has 0 unspecified atom stereocenters. The zero-order valence-corrected chi connectivity index (χ0v) is 19.1. The molecule has 6 heteroatoms. The van der Waals surface area contributed by atoms with Crippen molar-refractivity contribution in [3.05, 3.63) is 102 Å². The normalized spacial score (nSPS) is 13.8. The molecule has 0 saturated carbocycles. The van der Waals surface area contributed by atoms with Gasteiger partial charge in [-0.25, -0.2) is 0 Å². The molecule has 3 aromatic carbocycles. The number of nitrogens with zero attached hydrogens (tertiary/aromatic N) is 1. The molecule has 3 amide bonds. The highest BCUT2D eigenvalue weighted by Gasteiger charge is 2.27. The summed E-state index contributed by atoms with van der Waals surface area (Å²) in [6, 6.07) is 26.0. The van der Waals surface area contributed by atoms with Gasteiger partial charge in [0.1, 0.15) is 0 Å². The SMILES string of the molecule is O=C(Nc1cccc(C(=O)N2CCC(C(=O)NCCc3ccccc3)CC2)c1)c1ccccc1. The van der Waals surface area contributed by atoms with Gasteiger partial charge in [0.05, 0.1) is 0 Å². The summed E-state index contributed by atoms with van der Waals surface area (Å²) in [5.74, 6) is -0.312. The Hall–Kier alpha value is -3.93. The minimum Gasteiger partial charge on any atom is -0.356 e. The van der Waals surface area contributed by atoms with Crippen molar-refractivity contribution in [3.63, 3.8) is 0 Å². The molecular weight excluding hydrogens is 426 g/mol. The Morgan fingerprint density at radius 1 is 0.794 bits per heavy atom. The number of anilines is 1. The molecule has 4 rings (SSSR count). The third kappa shape index (κ3) is 6.10. The van der Waals surface area contributed by atoms with E-state index in [1.807, 2.05) is 36.4 Å². The molecule has 3 aromatic rings. The minimum absolute atomic E-state index is 0.0636. The highest BCUT2D eigenvalue weighted by atomic mass is 16.2. The number of nitrogens with one attached hydrogen (secondary N) is 2. The maximum absolute atomic E-state index is 13.0. The number of amides is 3. The summed E-state index contributed by atoms with van der Waals surface area (Å²) in [4.78, 5) is 39.8. The summed E-state index contributed by atoms with van der Waals surface area (Å²) < 4.78 is 0. The number of rotatable bonds is 7. The van der Waals surface area contributed by atoms with Gasteiger partial charge in [-0.1, -0.05) is 54.6 Å². The molecule has 2 N–H and O–H groups in total. The summed E-state index contributed by atoms with van der Waals surface area (Å²) in [5.41, 5.74) is 2.86. The lowest BCUT2D eigenvalue weighted by molar-refractivity contribution is -0.126. The predicted octanol–water partition coefficient (Wildman–Crippen LogP) is 4.15. The van der Waals surface area contributed by atoms with Gasteiger partial charge in [-0.2, -0.15) is 0 Å². The summed E-state index contributed by atoms with van der Waals surface area (Å²) in [5, 5.41) is 5.88. The van der Waals surface area contributed by atoms with Gasteiger partial charge in [0.15, 0.2) is 0 Å². The second kappa shape index (κ2) is 11.3. The van der Waals surface area contributed by atoms with Crippen LogP contribution in [0.3, 0.4) is 0 Å². The smallest absolute Gasteiger partial charge is 0.255 e. The van der Waals surface area contributed by atoms with Crippen LogP contribution in [-0.2, 0) is 11.2 Å². The Labute approximate surface area is 200 Å². The maximum atomic E-state index is 13.0. The van der Waals surface area contributed by atoms with Crippen molar-refractivity contribution in [1.29, 1.82) is 0 Å². The van der Waals surface area contributed by atoms with Crippen LogP contribution in [0.5, 0.6) is 0 Å². The fraction of sp³-hybridized carbons (Fsp3) is 0.250. The Balaban J connectivity index is 1.26. The minimum atomic E-state index is -0.218. The van der Waals surface area contributed by atoms with E-state index in [-0.39, 0.29) is 23.6 Å². The average Bonchev–Trinajstić information content (AvgIpc) is 2.89. The zero-order valence-electron chi connectivity index (χ0n) is 19.1. The van der Waals surface area contributed by atoms with E-state index in [0.29, 0.717) is 49.3 Å². The monoisotopic (exact) mass is 455 g/mol. The van der Waals surface area contributed by atoms with E-state index in [4.69, 9.17) is 0 Å². The summed E-state index contributed by atoms with van der Waals surface area (Å²) in [7, 11) is 0. The number of piperidine rings is 1. The van der Waals surface area contributed by atoms with Gasteiger partial charge in [-0.15, -0.1) is 0 Å². The largest absolute Gasteiger partial charge is 0.356 e. The van der Waals surface area contributed by atoms with Gasteiger partial charge in [0, 0.05) is 42.4 Å². The van der Waals surface area contributed by atoms with Crippen LogP contribution < -0.4 is 10.6 Å². The van der Waals surface area contributed by atoms with Crippen LogP contribution in [0.4, 0.5) is 5.69 Å². The van der Waals surface area contributed by atoms with E-state index in [1.54, 1.807) is 41.3 Å². The Kier molecular flexibility index (Phi) is 7.71. The second-order valence-corrected chi connectivity index (χ2v) is 8.49. The first kappa shape index (κ1) is 23.2. The van der Waals surface area contributed by atoms with Crippen molar-refractivity contribution in [3.8, 4) is 0 Å². The Bertz CT molecular complexity index is 1120. The number of benzene rings is 3. The van der Waals surface area contributed by atoms with Crippen LogP contribution in [0, 0.1) is 5.92 Å². The molecule has 174 valence electrons. The molecule has 6 nitrogen and oxygen atoms in total. The average molecular weight is 456 g/mol. The first-order chi connectivity index (χ1) is 16.6. The molecule has 1 saturated heterocycles. The van der Waals surface area contributed by atoms with E-state index in [9.17, 15) is 14.4 Å². The lowest BCUT2D eigenvalue weighted by Gasteiger charge is -2.31. The van der Waals surface area contributed by atoms with Crippen LogP contribution in [-0.4, -0.2) is 42.3 Å². The van der Waals surface area contributed by atoms with Gasteiger partial charge in [-0.3, -0.25) is 14.4 Å². The number of carbonyl (C=O) groups excluding carboxylic acids is 3. The summed E-state index contributed by atoms with van der Waals surface area (Å²) in [6.07, 6.45) is 2.10. The van der Waals surface area contributed by atoms with Crippen LogP contribution in [0.25, 0.3) is 0 Å². The van der Waals surface area contributed by atoms with Crippen LogP contribution >= 0.6 is 0 Å². The molecule has 0 spiro atoms. The molecule has 1 aliphatic heterocycles. The lowest BCUT2D eigenvalue weighted by atomic mass is 9.95. The van der Waals surface area contributed by atoms with Gasteiger partial charge < -0.3 is 15.5 Å². The molecule has 0 bridgehead atoms. The fourth-order valence-corrected chi connectivity index (χ4v) is 4.17. The van der Waals surface area contributed by atoms with E-state index >= 15 is 0 Å². The van der Waals surface area contributed by atoms with Crippen LogP contribution in [0.15, 0.2) is 84.9 Å². The van der Waals surface area contributed by atoms with Crippen molar-refractivity contribution in [2.45, 2.75) is 19.3 Å². The summed E-state index contributed by atoms with van der Waals surface area (Å²) >= 11 is 0. The first-order valence-corrected chi connectivity index (χ1v) is 11.7. The molecule has 1 heterocycles. The van der Waals surface area contributed by atoms with E-state index < -0.39 is 0 Å². The highest BCUT2D eigenvalue weighted by Crippen LogP contribution is 2.21. The molecule has 0 aromatic heterocycles. The first-order valence-electron chi connectivity index (χ1n) is 11.7. The van der Waals surface area contributed by atoms with Gasteiger partial charge >= 0.3 is 0 Å². The van der Waals surface area contributed by atoms with Crippen LogP contribution in [0.1, 0.15) is 39.1 Å². The van der Waals surface area contributed by atoms with Gasteiger partial charge in [0.2, 0.25) is 5.91 Å². The number of hydrogen-bond acceptors (Lipinski definition) is 3. The fourth-order valence-electron chi connectivity index (χ4n) is 4.17. The van der Waals surface area contributed by atoms with Crippen LogP contribution in [0.2, 0.25) is 0 Å². The maximum Gasteiger partial charge on any atom is 0.255 e. The Morgan fingerprint density at radius 2 is 1.44 bits per heavy atom.